The highest BCUT2D eigenvalue weighted by atomic mass is 16.5. The van der Waals surface area contributed by atoms with Crippen molar-refractivity contribution in [2.24, 2.45) is 5.41 Å². The van der Waals surface area contributed by atoms with Gasteiger partial charge in [0.1, 0.15) is 0 Å². The standard InChI is InChI=1S/C16H32N2O/c1-5-17-14(15(2,3)4)16(8-6-7-9-16)18-10-12-19-13-11-18/h14,17H,5-13H2,1-4H3. The van der Waals surface area contributed by atoms with Gasteiger partial charge in [-0.05, 0) is 24.8 Å². The largest absolute Gasteiger partial charge is 0.379 e. The van der Waals surface area contributed by atoms with Gasteiger partial charge in [0.15, 0.2) is 0 Å². The summed E-state index contributed by atoms with van der Waals surface area (Å²) in [5, 5.41) is 3.82. The Morgan fingerprint density at radius 2 is 1.74 bits per heavy atom. The molecule has 0 spiro atoms. The van der Waals surface area contributed by atoms with Crippen LogP contribution in [-0.2, 0) is 4.74 Å². The monoisotopic (exact) mass is 268 g/mol. The second kappa shape index (κ2) is 6.11. The van der Waals surface area contributed by atoms with Crippen molar-refractivity contribution in [2.45, 2.75) is 65.0 Å². The van der Waals surface area contributed by atoms with E-state index in [-0.39, 0.29) is 0 Å². The third kappa shape index (κ3) is 3.14. The Hall–Kier alpha value is -0.120. The summed E-state index contributed by atoms with van der Waals surface area (Å²) >= 11 is 0. The molecular weight excluding hydrogens is 236 g/mol. The van der Waals surface area contributed by atoms with E-state index >= 15 is 0 Å². The molecule has 1 heterocycles. The van der Waals surface area contributed by atoms with Crippen LogP contribution in [0.2, 0.25) is 0 Å². The lowest BCUT2D eigenvalue weighted by Gasteiger charge is -2.53. The number of morpholine rings is 1. The van der Waals surface area contributed by atoms with Crippen molar-refractivity contribution in [3.05, 3.63) is 0 Å². The van der Waals surface area contributed by atoms with E-state index in [2.05, 4.69) is 37.9 Å². The molecule has 112 valence electrons. The van der Waals surface area contributed by atoms with Crippen LogP contribution in [-0.4, -0.2) is 49.3 Å². The maximum absolute atomic E-state index is 5.57. The summed E-state index contributed by atoms with van der Waals surface area (Å²) in [5.41, 5.74) is 0.663. The number of hydrogen-bond acceptors (Lipinski definition) is 3. The molecule has 3 heteroatoms. The summed E-state index contributed by atoms with van der Waals surface area (Å²) < 4.78 is 5.57. The van der Waals surface area contributed by atoms with E-state index in [9.17, 15) is 0 Å². The molecule has 2 rings (SSSR count). The van der Waals surface area contributed by atoms with E-state index in [0.717, 1.165) is 32.8 Å². The molecule has 0 aromatic rings. The van der Waals surface area contributed by atoms with Gasteiger partial charge in [-0.25, -0.2) is 0 Å². The van der Waals surface area contributed by atoms with Crippen LogP contribution >= 0.6 is 0 Å². The normalized spacial score (nSPS) is 26.5. The van der Waals surface area contributed by atoms with Gasteiger partial charge in [0, 0.05) is 24.7 Å². The number of likely N-dealkylation sites (N-methyl/N-ethyl adjacent to an activating group) is 1. The molecule has 1 atom stereocenters. The van der Waals surface area contributed by atoms with Crippen molar-refractivity contribution in [1.82, 2.24) is 10.2 Å². The van der Waals surface area contributed by atoms with Crippen molar-refractivity contribution >= 4 is 0 Å². The highest BCUT2D eigenvalue weighted by molar-refractivity contribution is 5.07. The summed E-state index contributed by atoms with van der Waals surface area (Å²) in [7, 11) is 0. The predicted molar refractivity (Wildman–Crippen MR) is 80.5 cm³/mol. The molecule has 0 aromatic heterocycles. The summed E-state index contributed by atoms with van der Waals surface area (Å²) in [6.45, 7) is 14.5. The Kier molecular flexibility index (Phi) is 4.91. The van der Waals surface area contributed by atoms with E-state index in [0.29, 0.717) is 17.0 Å². The van der Waals surface area contributed by atoms with Crippen molar-refractivity contribution in [3.8, 4) is 0 Å². The Bertz CT molecular complexity index is 273. The molecular formula is C16H32N2O. The van der Waals surface area contributed by atoms with Crippen LogP contribution in [0.25, 0.3) is 0 Å². The van der Waals surface area contributed by atoms with Gasteiger partial charge in [0.2, 0.25) is 0 Å². The first-order valence-electron chi connectivity index (χ1n) is 8.07. The zero-order valence-corrected chi connectivity index (χ0v) is 13.3. The molecule has 2 aliphatic rings. The second-order valence-electron chi connectivity index (χ2n) is 7.27. The molecule has 1 N–H and O–H groups in total. The van der Waals surface area contributed by atoms with Gasteiger partial charge in [0.05, 0.1) is 13.2 Å². The predicted octanol–water partition coefficient (Wildman–Crippen LogP) is 2.66. The zero-order chi connectivity index (χ0) is 13.9. The van der Waals surface area contributed by atoms with E-state index in [1.165, 1.54) is 25.7 Å². The minimum absolute atomic E-state index is 0.304. The molecule has 1 saturated heterocycles. The molecule has 1 aliphatic carbocycles. The van der Waals surface area contributed by atoms with Gasteiger partial charge < -0.3 is 10.1 Å². The van der Waals surface area contributed by atoms with Gasteiger partial charge in [-0.15, -0.1) is 0 Å². The number of hydrogen-bond donors (Lipinski definition) is 1. The summed E-state index contributed by atoms with van der Waals surface area (Å²) in [4.78, 5) is 2.74. The number of ether oxygens (including phenoxy) is 1. The highest BCUT2D eigenvalue weighted by Crippen LogP contribution is 2.44. The quantitative estimate of drug-likeness (QED) is 0.848. The van der Waals surface area contributed by atoms with Gasteiger partial charge >= 0.3 is 0 Å². The molecule has 0 bridgehead atoms. The van der Waals surface area contributed by atoms with E-state index in [1.807, 2.05) is 0 Å². The second-order valence-corrected chi connectivity index (χ2v) is 7.27. The van der Waals surface area contributed by atoms with Crippen molar-refractivity contribution in [2.75, 3.05) is 32.8 Å². The lowest BCUT2D eigenvalue weighted by Crippen LogP contribution is -2.66. The third-order valence-electron chi connectivity index (χ3n) is 4.92. The summed E-state index contributed by atoms with van der Waals surface area (Å²) in [6, 6.07) is 0.575. The van der Waals surface area contributed by atoms with Crippen molar-refractivity contribution < 1.29 is 4.74 Å². The Morgan fingerprint density at radius 1 is 1.16 bits per heavy atom. The molecule has 2 fully saturated rings. The Labute approximate surface area is 119 Å². The molecule has 19 heavy (non-hydrogen) atoms. The fraction of sp³-hybridized carbons (Fsp3) is 1.00. The third-order valence-corrected chi connectivity index (χ3v) is 4.92. The molecule has 0 radical (unpaired) electrons. The van der Waals surface area contributed by atoms with E-state index in [1.54, 1.807) is 0 Å². The summed E-state index contributed by atoms with van der Waals surface area (Å²) in [5.74, 6) is 0. The first-order valence-corrected chi connectivity index (χ1v) is 8.07. The van der Waals surface area contributed by atoms with Crippen LogP contribution in [0.3, 0.4) is 0 Å². The van der Waals surface area contributed by atoms with Crippen LogP contribution < -0.4 is 5.32 Å². The number of rotatable bonds is 4. The van der Waals surface area contributed by atoms with E-state index < -0.39 is 0 Å². The first-order chi connectivity index (χ1) is 9.00. The first kappa shape index (κ1) is 15.3. The van der Waals surface area contributed by atoms with Gasteiger partial charge in [-0.1, -0.05) is 40.5 Å². The van der Waals surface area contributed by atoms with Crippen LogP contribution in [0.1, 0.15) is 53.4 Å². The van der Waals surface area contributed by atoms with Crippen LogP contribution in [0.4, 0.5) is 0 Å². The Morgan fingerprint density at radius 3 is 2.21 bits per heavy atom. The Balaban J connectivity index is 2.25. The van der Waals surface area contributed by atoms with Gasteiger partial charge in [-0.2, -0.15) is 0 Å². The zero-order valence-electron chi connectivity index (χ0n) is 13.3. The number of nitrogens with zero attached hydrogens (tertiary/aromatic N) is 1. The molecule has 1 aliphatic heterocycles. The SMILES string of the molecule is CCNC(C(C)(C)C)C1(N2CCOCC2)CCCC1. The molecule has 1 unspecified atom stereocenters. The van der Waals surface area contributed by atoms with Crippen LogP contribution in [0, 0.1) is 5.41 Å². The van der Waals surface area contributed by atoms with Gasteiger partial charge in [0.25, 0.3) is 0 Å². The maximum atomic E-state index is 5.57. The smallest absolute Gasteiger partial charge is 0.0594 e. The van der Waals surface area contributed by atoms with Crippen LogP contribution in [0.5, 0.6) is 0 Å². The lowest BCUT2D eigenvalue weighted by molar-refractivity contribution is -0.0527. The summed E-state index contributed by atoms with van der Waals surface area (Å²) in [6.07, 6.45) is 5.47. The topological polar surface area (TPSA) is 24.5 Å². The average Bonchev–Trinajstić information content (AvgIpc) is 2.86. The maximum Gasteiger partial charge on any atom is 0.0594 e. The van der Waals surface area contributed by atoms with Crippen molar-refractivity contribution in [3.63, 3.8) is 0 Å². The minimum Gasteiger partial charge on any atom is -0.379 e. The molecule has 1 saturated carbocycles. The lowest BCUT2D eigenvalue weighted by atomic mass is 9.72. The number of nitrogens with one attached hydrogen (secondary N) is 1. The fourth-order valence-electron chi connectivity index (χ4n) is 4.29. The highest BCUT2D eigenvalue weighted by Gasteiger charge is 2.49. The van der Waals surface area contributed by atoms with Crippen LogP contribution in [0.15, 0.2) is 0 Å². The minimum atomic E-state index is 0.304. The fourth-order valence-corrected chi connectivity index (χ4v) is 4.29. The molecule has 0 amide bonds. The molecule has 0 aromatic carbocycles. The van der Waals surface area contributed by atoms with Gasteiger partial charge in [-0.3, -0.25) is 4.90 Å². The average molecular weight is 268 g/mol. The molecule has 3 nitrogen and oxygen atoms in total. The van der Waals surface area contributed by atoms with E-state index in [4.69, 9.17) is 4.74 Å². The van der Waals surface area contributed by atoms with Crippen molar-refractivity contribution in [1.29, 1.82) is 0 Å².